The third kappa shape index (κ3) is 2.29. The van der Waals surface area contributed by atoms with Gasteiger partial charge >= 0.3 is 0 Å². The molecule has 0 amide bonds. The fourth-order valence-electron chi connectivity index (χ4n) is 2.29. The van der Waals surface area contributed by atoms with Gasteiger partial charge in [0.05, 0.1) is 10.4 Å². The van der Waals surface area contributed by atoms with Crippen molar-refractivity contribution in [2.24, 2.45) is 0 Å². The second-order valence-corrected chi connectivity index (χ2v) is 6.77. The van der Waals surface area contributed by atoms with Gasteiger partial charge in [0.2, 0.25) is 0 Å². The number of aromatic nitrogens is 1. The standard InChI is InChI=1S/C16H16N2O2S/c1-12-3-7-15(8-4-12)21(19,20)18-10-9-13-5-6-14(17-2)11-16(13)18/h3-11,17H,1-2H3. The minimum Gasteiger partial charge on any atom is -0.388 e. The third-order valence-electron chi connectivity index (χ3n) is 3.52. The van der Waals surface area contributed by atoms with Crippen molar-refractivity contribution in [2.45, 2.75) is 11.8 Å². The van der Waals surface area contributed by atoms with E-state index in [1.165, 1.54) is 3.97 Å². The van der Waals surface area contributed by atoms with Crippen molar-refractivity contribution in [3.8, 4) is 0 Å². The summed E-state index contributed by atoms with van der Waals surface area (Å²) in [5.74, 6) is 0. The Kier molecular flexibility index (Phi) is 3.22. The van der Waals surface area contributed by atoms with Crippen LogP contribution in [-0.4, -0.2) is 19.4 Å². The number of rotatable bonds is 3. The van der Waals surface area contributed by atoms with Gasteiger partial charge in [0, 0.05) is 24.3 Å². The summed E-state index contributed by atoms with van der Waals surface area (Å²) in [6.45, 7) is 1.93. The van der Waals surface area contributed by atoms with Gasteiger partial charge in [-0.05, 0) is 37.3 Å². The minimum atomic E-state index is -3.58. The normalized spacial score (nSPS) is 11.7. The number of fused-ring (bicyclic) bond motifs is 1. The topological polar surface area (TPSA) is 51.1 Å². The maximum absolute atomic E-state index is 12.8. The quantitative estimate of drug-likeness (QED) is 0.808. The van der Waals surface area contributed by atoms with E-state index in [2.05, 4.69) is 5.32 Å². The van der Waals surface area contributed by atoms with Crippen LogP contribution in [0.2, 0.25) is 0 Å². The Morgan fingerprint density at radius 2 is 1.71 bits per heavy atom. The molecule has 0 unspecified atom stereocenters. The molecule has 0 saturated heterocycles. The monoisotopic (exact) mass is 300 g/mol. The van der Waals surface area contributed by atoms with Crippen LogP contribution in [0.5, 0.6) is 0 Å². The van der Waals surface area contributed by atoms with E-state index in [9.17, 15) is 8.42 Å². The number of hydrogen-bond acceptors (Lipinski definition) is 3. The molecular formula is C16H16N2O2S. The Labute approximate surface area is 124 Å². The van der Waals surface area contributed by atoms with Gasteiger partial charge in [0.25, 0.3) is 10.0 Å². The molecule has 3 rings (SSSR count). The Morgan fingerprint density at radius 1 is 1.00 bits per heavy atom. The summed E-state index contributed by atoms with van der Waals surface area (Å²) in [7, 11) is -1.77. The van der Waals surface area contributed by atoms with Gasteiger partial charge in [0.1, 0.15) is 0 Å². The lowest BCUT2D eigenvalue weighted by Gasteiger charge is -2.09. The summed E-state index contributed by atoms with van der Waals surface area (Å²) in [4.78, 5) is 0.292. The molecular weight excluding hydrogens is 284 g/mol. The van der Waals surface area contributed by atoms with Crippen molar-refractivity contribution in [1.82, 2.24) is 3.97 Å². The number of nitrogens with zero attached hydrogens (tertiary/aromatic N) is 1. The van der Waals surface area contributed by atoms with E-state index in [0.717, 1.165) is 16.6 Å². The van der Waals surface area contributed by atoms with Gasteiger partial charge in [-0.2, -0.15) is 0 Å². The molecule has 2 aromatic carbocycles. The molecule has 21 heavy (non-hydrogen) atoms. The number of anilines is 1. The highest BCUT2D eigenvalue weighted by atomic mass is 32.2. The SMILES string of the molecule is CNc1ccc2ccn(S(=O)(=O)c3ccc(C)cc3)c2c1. The van der Waals surface area contributed by atoms with E-state index >= 15 is 0 Å². The molecule has 5 heteroatoms. The molecule has 1 heterocycles. The fourth-order valence-corrected chi connectivity index (χ4v) is 3.64. The summed E-state index contributed by atoms with van der Waals surface area (Å²) in [5.41, 5.74) is 2.58. The first-order chi connectivity index (χ1) is 10.0. The first-order valence-corrected chi connectivity index (χ1v) is 8.07. The van der Waals surface area contributed by atoms with Crippen LogP contribution in [0.3, 0.4) is 0 Å². The average Bonchev–Trinajstić information content (AvgIpc) is 2.91. The summed E-state index contributed by atoms with van der Waals surface area (Å²) < 4.78 is 26.9. The molecule has 0 bridgehead atoms. The molecule has 1 N–H and O–H groups in total. The van der Waals surface area contributed by atoms with Crippen molar-refractivity contribution < 1.29 is 8.42 Å². The predicted octanol–water partition coefficient (Wildman–Crippen LogP) is 3.23. The van der Waals surface area contributed by atoms with Gasteiger partial charge in [0.15, 0.2) is 0 Å². The van der Waals surface area contributed by atoms with E-state index in [1.807, 2.05) is 32.2 Å². The molecule has 0 spiro atoms. The zero-order chi connectivity index (χ0) is 15.0. The van der Waals surface area contributed by atoms with E-state index in [1.54, 1.807) is 36.5 Å². The van der Waals surface area contributed by atoms with E-state index in [4.69, 9.17) is 0 Å². The van der Waals surface area contributed by atoms with Crippen molar-refractivity contribution in [2.75, 3.05) is 12.4 Å². The second-order valence-electron chi connectivity index (χ2n) is 4.95. The smallest absolute Gasteiger partial charge is 0.268 e. The summed E-state index contributed by atoms with van der Waals surface area (Å²) in [5, 5.41) is 3.92. The van der Waals surface area contributed by atoms with Crippen LogP contribution in [0.15, 0.2) is 59.6 Å². The summed E-state index contributed by atoms with van der Waals surface area (Å²) in [6, 6.07) is 14.3. The maximum atomic E-state index is 12.8. The molecule has 0 fully saturated rings. The second kappa shape index (κ2) is 4.93. The van der Waals surface area contributed by atoms with E-state index in [0.29, 0.717) is 10.4 Å². The lowest BCUT2D eigenvalue weighted by atomic mass is 10.2. The van der Waals surface area contributed by atoms with Crippen LogP contribution < -0.4 is 5.32 Å². The van der Waals surface area contributed by atoms with Crippen molar-refractivity contribution in [3.63, 3.8) is 0 Å². The largest absolute Gasteiger partial charge is 0.388 e. The summed E-state index contributed by atoms with van der Waals surface area (Å²) >= 11 is 0. The summed E-state index contributed by atoms with van der Waals surface area (Å²) in [6.07, 6.45) is 1.60. The fraction of sp³-hybridized carbons (Fsp3) is 0.125. The molecule has 4 nitrogen and oxygen atoms in total. The van der Waals surface area contributed by atoms with Crippen LogP contribution in [0, 0.1) is 6.92 Å². The Hall–Kier alpha value is -2.27. The van der Waals surface area contributed by atoms with Crippen LogP contribution in [0.4, 0.5) is 5.69 Å². The van der Waals surface area contributed by atoms with Crippen LogP contribution in [-0.2, 0) is 10.0 Å². The Bertz CT molecular complexity index is 894. The number of hydrogen-bond donors (Lipinski definition) is 1. The highest BCUT2D eigenvalue weighted by Crippen LogP contribution is 2.24. The van der Waals surface area contributed by atoms with Crippen molar-refractivity contribution in [3.05, 3.63) is 60.3 Å². The van der Waals surface area contributed by atoms with Crippen LogP contribution in [0.25, 0.3) is 10.9 Å². The number of nitrogens with one attached hydrogen (secondary N) is 1. The molecule has 0 aliphatic carbocycles. The lowest BCUT2D eigenvalue weighted by Crippen LogP contribution is -2.11. The van der Waals surface area contributed by atoms with Gasteiger partial charge < -0.3 is 5.32 Å². The molecule has 0 radical (unpaired) electrons. The predicted molar refractivity (Wildman–Crippen MR) is 85.2 cm³/mol. The van der Waals surface area contributed by atoms with Gasteiger partial charge in [-0.3, -0.25) is 0 Å². The molecule has 0 saturated carbocycles. The highest BCUT2D eigenvalue weighted by molar-refractivity contribution is 7.90. The number of aryl methyl sites for hydroxylation is 1. The van der Waals surface area contributed by atoms with Gasteiger partial charge in [-0.15, -0.1) is 0 Å². The van der Waals surface area contributed by atoms with Crippen LogP contribution >= 0.6 is 0 Å². The van der Waals surface area contributed by atoms with E-state index in [-0.39, 0.29) is 0 Å². The zero-order valence-corrected chi connectivity index (χ0v) is 12.7. The third-order valence-corrected chi connectivity index (χ3v) is 5.23. The van der Waals surface area contributed by atoms with Gasteiger partial charge in [-0.25, -0.2) is 12.4 Å². The maximum Gasteiger partial charge on any atom is 0.268 e. The lowest BCUT2D eigenvalue weighted by molar-refractivity contribution is 0.589. The highest BCUT2D eigenvalue weighted by Gasteiger charge is 2.18. The molecule has 3 aromatic rings. The van der Waals surface area contributed by atoms with Crippen molar-refractivity contribution in [1.29, 1.82) is 0 Å². The average molecular weight is 300 g/mol. The minimum absolute atomic E-state index is 0.292. The van der Waals surface area contributed by atoms with Gasteiger partial charge in [-0.1, -0.05) is 23.8 Å². The molecule has 1 aromatic heterocycles. The first kappa shape index (κ1) is 13.7. The molecule has 108 valence electrons. The zero-order valence-electron chi connectivity index (χ0n) is 11.9. The van der Waals surface area contributed by atoms with Crippen molar-refractivity contribution >= 4 is 26.6 Å². The van der Waals surface area contributed by atoms with Crippen LogP contribution in [0.1, 0.15) is 5.56 Å². The first-order valence-electron chi connectivity index (χ1n) is 6.63. The Morgan fingerprint density at radius 3 is 2.38 bits per heavy atom. The number of benzene rings is 2. The van der Waals surface area contributed by atoms with E-state index < -0.39 is 10.0 Å². The Balaban J connectivity index is 2.21. The molecule has 0 atom stereocenters. The molecule has 0 aliphatic heterocycles. The molecule has 0 aliphatic rings.